The molecule has 0 aromatic heterocycles. The fourth-order valence-electron chi connectivity index (χ4n) is 3.87. The van der Waals surface area contributed by atoms with Gasteiger partial charge in [0, 0.05) is 17.6 Å². The van der Waals surface area contributed by atoms with Gasteiger partial charge in [-0.3, -0.25) is 9.59 Å². The summed E-state index contributed by atoms with van der Waals surface area (Å²) < 4.78 is 0. The van der Waals surface area contributed by atoms with Crippen LogP contribution >= 0.6 is 0 Å². The largest absolute Gasteiger partial charge is 0.481 e. The molecule has 1 amide bonds. The topological polar surface area (TPSA) is 57.6 Å². The maximum atomic E-state index is 13.1. The number of amides is 1. The van der Waals surface area contributed by atoms with E-state index in [2.05, 4.69) is 6.92 Å². The van der Waals surface area contributed by atoms with Crippen LogP contribution in [0.1, 0.15) is 50.5 Å². The lowest BCUT2D eigenvalue weighted by molar-refractivity contribution is -0.138. The molecule has 112 valence electrons. The highest BCUT2D eigenvalue weighted by Crippen LogP contribution is 2.46. The number of anilines is 1. The summed E-state index contributed by atoms with van der Waals surface area (Å²) in [7, 11) is 0. The van der Waals surface area contributed by atoms with Crippen LogP contribution in [-0.2, 0) is 9.59 Å². The Hall–Kier alpha value is -1.84. The third-order valence-electron chi connectivity index (χ3n) is 5.20. The van der Waals surface area contributed by atoms with E-state index in [9.17, 15) is 14.7 Å². The molecule has 21 heavy (non-hydrogen) atoms. The standard InChI is InChI=1S/C17H21NO3/c1-2-17(9-5-6-10-17)16(21)18-11-13(15(19)20)12-7-3-4-8-14(12)18/h3-4,7-8,13H,2,5-6,9-11H2,1H3,(H,19,20). The SMILES string of the molecule is CCC1(C(=O)N2CC(C(=O)O)c3ccccc32)CCCC1. The van der Waals surface area contributed by atoms with Crippen LogP contribution < -0.4 is 4.90 Å². The Bertz CT molecular complexity index is 575. The molecule has 4 heteroatoms. The molecular formula is C17H21NO3. The van der Waals surface area contributed by atoms with Gasteiger partial charge in [0.2, 0.25) is 5.91 Å². The quantitative estimate of drug-likeness (QED) is 0.929. The average Bonchev–Trinajstić information content (AvgIpc) is 3.12. The van der Waals surface area contributed by atoms with E-state index in [-0.39, 0.29) is 17.9 Å². The van der Waals surface area contributed by atoms with Crippen molar-refractivity contribution in [2.75, 3.05) is 11.4 Å². The van der Waals surface area contributed by atoms with E-state index in [4.69, 9.17) is 0 Å². The fourth-order valence-corrected chi connectivity index (χ4v) is 3.87. The molecule has 1 heterocycles. The summed E-state index contributed by atoms with van der Waals surface area (Å²) in [5.74, 6) is -1.33. The fraction of sp³-hybridized carbons (Fsp3) is 0.529. The van der Waals surface area contributed by atoms with Crippen molar-refractivity contribution < 1.29 is 14.7 Å². The van der Waals surface area contributed by atoms with Crippen LogP contribution in [0.2, 0.25) is 0 Å². The number of fused-ring (bicyclic) bond motifs is 1. The van der Waals surface area contributed by atoms with Gasteiger partial charge in [0.25, 0.3) is 0 Å². The Kier molecular flexibility index (Phi) is 3.47. The summed E-state index contributed by atoms with van der Waals surface area (Å²) in [4.78, 5) is 26.3. The van der Waals surface area contributed by atoms with Crippen molar-refractivity contribution in [3.05, 3.63) is 29.8 Å². The second-order valence-electron chi connectivity index (χ2n) is 6.21. The van der Waals surface area contributed by atoms with E-state index in [0.717, 1.165) is 43.4 Å². The van der Waals surface area contributed by atoms with Gasteiger partial charge in [-0.25, -0.2) is 0 Å². The molecule has 0 radical (unpaired) electrons. The molecule has 1 saturated carbocycles. The minimum Gasteiger partial charge on any atom is -0.481 e. The molecule has 2 aliphatic rings. The van der Waals surface area contributed by atoms with E-state index in [1.54, 1.807) is 4.90 Å². The van der Waals surface area contributed by atoms with Crippen molar-refractivity contribution in [2.24, 2.45) is 5.41 Å². The molecule has 1 atom stereocenters. The van der Waals surface area contributed by atoms with Crippen LogP contribution in [0, 0.1) is 5.41 Å². The number of para-hydroxylation sites is 1. The van der Waals surface area contributed by atoms with Crippen LogP contribution in [0.4, 0.5) is 5.69 Å². The summed E-state index contributed by atoms with van der Waals surface area (Å²) >= 11 is 0. The van der Waals surface area contributed by atoms with Gasteiger partial charge in [0.1, 0.15) is 5.92 Å². The molecule has 1 unspecified atom stereocenters. The molecule has 3 rings (SSSR count). The molecule has 1 fully saturated rings. The van der Waals surface area contributed by atoms with E-state index in [1.807, 2.05) is 24.3 Å². The highest BCUT2D eigenvalue weighted by atomic mass is 16.4. The number of carbonyl (C=O) groups excluding carboxylic acids is 1. The highest BCUT2D eigenvalue weighted by molar-refractivity contribution is 6.02. The minimum absolute atomic E-state index is 0.124. The number of hydrogen-bond acceptors (Lipinski definition) is 2. The Morgan fingerprint density at radius 3 is 2.57 bits per heavy atom. The Labute approximate surface area is 124 Å². The summed E-state index contributed by atoms with van der Waals surface area (Å²) in [6, 6.07) is 7.41. The summed E-state index contributed by atoms with van der Waals surface area (Å²) in [5, 5.41) is 9.41. The molecule has 1 aromatic rings. The van der Waals surface area contributed by atoms with Gasteiger partial charge >= 0.3 is 5.97 Å². The van der Waals surface area contributed by atoms with Crippen molar-refractivity contribution in [3.63, 3.8) is 0 Å². The Morgan fingerprint density at radius 1 is 1.29 bits per heavy atom. The van der Waals surface area contributed by atoms with Gasteiger partial charge in [-0.2, -0.15) is 0 Å². The zero-order chi connectivity index (χ0) is 15.0. The van der Waals surface area contributed by atoms with Crippen LogP contribution in [-0.4, -0.2) is 23.5 Å². The molecule has 0 bridgehead atoms. The zero-order valence-corrected chi connectivity index (χ0v) is 12.3. The van der Waals surface area contributed by atoms with Crippen molar-refractivity contribution in [3.8, 4) is 0 Å². The van der Waals surface area contributed by atoms with Crippen LogP contribution in [0.3, 0.4) is 0 Å². The molecular weight excluding hydrogens is 266 g/mol. The van der Waals surface area contributed by atoms with E-state index < -0.39 is 11.9 Å². The highest BCUT2D eigenvalue weighted by Gasteiger charge is 2.46. The number of benzene rings is 1. The predicted molar refractivity (Wildman–Crippen MR) is 80.4 cm³/mol. The van der Waals surface area contributed by atoms with Crippen LogP contribution in [0.25, 0.3) is 0 Å². The lowest BCUT2D eigenvalue weighted by Gasteiger charge is -2.31. The molecule has 4 nitrogen and oxygen atoms in total. The first kappa shape index (κ1) is 14.1. The summed E-state index contributed by atoms with van der Waals surface area (Å²) in [6.07, 6.45) is 4.88. The van der Waals surface area contributed by atoms with Crippen LogP contribution in [0.5, 0.6) is 0 Å². The van der Waals surface area contributed by atoms with E-state index >= 15 is 0 Å². The number of hydrogen-bond donors (Lipinski definition) is 1. The number of rotatable bonds is 3. The second-order valence-corrected chi connectivity index (χ2v) is 6.21. The van der Waals surface area contributed by atoms with Gasteiger partial charge in [-0.15, -0.1) is 0 Å². The zero-order valence-electron chi connectivity index (χ0n) is 12.3. The van der Waals surface area contributed by atoms with Gasteiger partial charge in [-0.1, -0.05) is 38.0 Å². The minimum atomic E-state index is -0.852. The first-order valence-electron chi connectivity index (χ1n) is 7.73. The van der Waals surface area contributed by atoms with E-state index in [0.29, 0.717) is 0 Å². The molecule has 1 aliphatic heterocycles. The van der Waals surface area contributed by atoms with Crippen molar-refractivity contribution >= 4 is 17.6 Å². The van der Waals surface area contributed by atoms with E-state index in [1.165, 1.54) is 0 Å². The smallest absolute Gasteiger partial charge is 0.312 e. The second kappa shape index (κ2) is 5.17. The summed E-state index contributed by atoms with van der Waals surface area (Å²) in [5.41, 5.74) is 1.28. The number of carboxylic acid groups (broad SMARTS) is 1. The third kappa shape index (κ3) is 2.13. The Balaban J connectivity index is 1.97. The molecule has 1 aliphatic carbocycles. The monoisotopic (exact) mass is 287 g/mol. The van der Waals surface area contributed by atoms with Gasteiger partial charge < -0.3 is 10.0 Å². The Morgan fingerprint density at radius 2 is 1.95 bits per heavy atom. The van der Waals surface area contributed by atoms with Gasteiger partial charge in [-0.05, 0) is 30.9 Å². The third-order valence-corrected chi connectivity index (χ3v) is 5.20. The number of carboxylic acids is 1. The maximum absolute atomic E-state index is 13.1. The van der Waals surface area contributed by atoms with Crippen molar-refractivity contribution in [2.45, 2.75) is 44.9 Å². The lowest BCUT2D eigenvalue weighted by atomic mass is 9.82. The molecule has 0 saturated heterocycles. The van der Waals surface area contributed by atoms with Crippen LogP contribution in [0.15, 0.2) is 24.3 Å². The number of nitrogens with zero attached hydrogens (tertiary/aromatic N) is 1. The van der Waals surface area contributed by atoms with Crippen molar-refractivity contribution in [1.29, 1.82) is 0 Å². The summed E-state index contributed by atoms with van der Waals surface area (Å²) in [6.45, 7) is 2.34. The maximum Gasteiger partial charge on any atom is 0.312 e. The first-order valence-corrected chi connectivity index (χ1v) is 7.73. The number of aliphatic carboxylic acids is 1. The first-order chi connectivity index (χ1) is 10.1. The molecule has 1 aromatic carbocycles. The normalized spacial score (nSPS) is 23.1. The average molecular weight is 287 g/mol. The molecule has 0 spiro atoms. The predicted octanol–water partition coefficient (Wildman–Crippen LogP) is 3.17. The lowest BCUT2D eigenvalue weighted by Crippen LogP contribution is -2.42. The van der Waals surface area contributed by atoms with Gasteiger partial charge in [0.15, 0.2) is 0 Å². The molecule has 1 N–H and O–H groups in total. The number of carbonyl (C=O) groups is 2. The van der Waals surface area contributed by atoms with Gasteiger partial charge in [0.05, 0.1) is 0 Å². The van der Waals surface area contributed by atoms with Crippen molar-refractivity contribution in [1.82, 2.24) is 0 Å².